The molecule has 0 heterocycles. The van der Waals surface area contributed by atoms with Gasteiger partial charge in [-0.15, -0.1) is 0 Å². The molecule has 88 valence electrons. The molecule has 5 nitrogen and oxygen atoms in total. The SMILES string of the molecule is CCOC(=O)C1CCCC1OS(C)(=O)=O. The molecule has 15 heavy (non-hydrogen) atoms. The third-order valence-corrected chi connectivity index (χ3v) is 2.94. The quantitative estimate of drug-likeness (QED) is 0.530. The van der Waals surface area contributed by atoms with Crippen LogP contribution in [-0.2, 0) is 23.8 Å². The summed E-state index contributed by atoms with van der Waals surface area (Å²) in [5.41, 5.74) is 0. The van der Waals surface area contributed by atoms with E-state index in [0.717, 1.165) is 12.7 Å². The van der Waals surface area contributed by atoms with Gasteiger partial charge in [-0.3, -0.25) is 8.98 Å². The van der Waals surface area contributed by atoms with Gasteiger partial charge < -0.3 is 4.74 Å². The fourth-order valence-electron chi connectivity index (χ4n) is 1.78. The van der Waals surface area contributed by atoms with Gasteiger partial charge in [-0.25, -0.2) is 0 Å². The second-order valence-corrected chi connectivity index (χ2v) is 5.23. The van der Waals surface area contributed by atoms with E-state index in [4.69, 9.17) is 8.92 Å². The van der Waals surface area contributed by atoms with Crippen molar-refractivity contribution in [1.82, 2.24) is 0 Å². The molecule has 0 aliphatic heterocycles. The maximum atomic E-state index is 11.4. The Bertz CT molecular complexity index is 321. The highest BCUT2D eigenvalue weighted by molar-refractivity contribution is 7.86. The van der Waals surface area contributed by atoms with E-state index in [2.05, 4.69) is 0 Å². The number of hydrogen-bond acceptors (Lipinski definition) is 5. The Balaban J connectivity index is 2.61. The third kappa shape index (κ3) is 3.79. The number of ether oxygens (including phenoxy) is 1. The topological polar surface area (TPSA) is 69.7 Å². The van der Waals surface area contributed by atoms with Crippen LogP contribution in [0.4, 0.5) is 0 Å². The van der Waals surface area contributed by atoms with Crippen molar-refractivity contribution in [3.05, 3.63) is 0 Å². The predicted molar refractivity (Wildman–Crippen MR) is 53.7 cm³/mol. The summed E-state index contributed by atoms with van der Waals surface area (Å²) in [5.74, 6) is -0.789. The minimum Gasteiger partial charge on any atom is -0.466 e. The Kier molecular flexibility index (Phi) is 4.10. The molecule has 0 bridgehead atoms. The first-order chi connectivity index (χ1) is 6.94. The number of carbonyl (C=O) groups excluding carboxylic acids is 1. The Morgan fingerprint density at radius 3 is 2.60 bits per heavy atom. The van der Waals surface area contributed by atoms with Crippen LogP contribution in [-0.4, -0.2) is 33.4 Å². The van der Waals surface area contributed by atoms with E-state index in [-0.39, 0.29) is 5.97 Å². The van der Waals surface area contributed by atoms with Crippen molar-refractivity contribution >= 4 is 16.1 Å². The van der Waals surface area contributed by atoms with Crippen LogP contribution in [0.2, 0.25) is 0 Å². The molecule has 0 aromatic heterocycles. The minimum atomic E-state index is -3.50. The highest BCUT2D eigenvalue weighted by Crippen LogP contribution is 2.30. The molecule has 0 aromatic rings. The zero-order valence-electron chi connectivity index (χ0n) is 8.93. The average Bonchev–Trinajstić information content (AvgIpc) is 2.49. The Hall–Kier alpha value is -0.620. The van der Waals surface area contributed by atoms with Crippen molar-refractivity contribution in [2.45, 2.75) is 32.3 Å². The average molecular weight is 236 g/mol. The lowest BCUT2D eigenvalue weighted by atomic mass is 10.1. The van der Waals surface area contributed by atoms with Gasteiger partial charge >= 0.3 is 5.97 Å². The van der Waals surface area contributed by atoms with Gasteiger partial charge in [0.05, 0.1) is 24.9 Å². The van der Waals surface area contributed by atoms with E-state index < -0.39 is 22.1 Å². The van der Waals surface area contributed by atoms with Gasteiger partial charge in [-0.1, -0.05) is 0 Å². The second-order valence-electron chi connectivity index (χ2n) is 3.63. The van der Waals surface area contributed by atoms with Crippen molar-refractivity contribution in [3.63, 3.8) is 0 Å². The molecule has 2 unspecified atom stereocenters. The van der Waals surface area contributed by atoms with E-state index in [9.17, 15) is 13.2 Å². The van der Waals surface area contributed by atoms with Crippen molar-refractivity contribution in [1.29, 1.82) is 0 Å². The third-order valence-electron chi connectivity index (χ3n) is 2.34. The Morgan fingerprint density at radius 1 is 1.40 bits per heavy atom. The van der Waals surface area contributed by atoms with Gasteiger partial charge in [0.2, 0.25) is 0 Å². The van der Waals surface area contributed by atoms with Crippen LogP contribution in [0.25, 0.3) is 0 Å². The van der Waals surface area contributed by atoms with Gasteiger partial charge in [0, 0.05) is 0 Å². The molecule has 1 aliphatic rings. The van der Waals surface area contributed by atoms with Crippen LogP contribution in [0, 0.1) is 5.92 Å². The normalized spacial score (nSPS) is 26.5. The highest BCUT2D eigenvalue weighted by atomic mass is 32.2. The fourth-order valence-corrected chi connectivity index (χ4v) is 2.46. The maximum Gasteiger partial charge on any atom is 0.311 e. The number of rotatable bonds is 4. The van der Waals surface area contributed by atoms with E-state index in [1.54, 1.807) is 6.92 Å². The molecule has 6 heteroatoms. The smallest absolute Gasteiger partial charge is 0.311 e. The second kappa shape index (κ2) is 4.94. The number of esters is 1. The van der Waals surface area contributed by atoms with Gasteiger partial charge in [0.25, 0.3) is 10.1 Å². The largest absolute Gasteiger partial charge is 0.466 e. The van der Waals surface area contributed by atoms with Crippen LogP contribution in [0.15, 0.2) is 0 Å². The molecular formula is C9H16O5S. The summed E-state index contributed by atoms with van der Waals surface area (Å²) in [6.07, 6.45) is 2.48. The van der Waals surface area contributed by atoms with E-state index in [1.807, 2.05) is 0 Å². The molecular weight excluding hydrogens is 220 g/mol. The molecule has 1 fully saturated rings. The molecule has 0 aromatic carbocycles. The van der Waals surface area contributed by atoms with Gasteiger partial charge in [-0.05, 0) is 26.2 Å². The first-order valence-corrected chi connectivity index (χ1v) is 6.80. The Morgan fingerprint density at radius 2 is 2.07 bits per heavy atom. The maximum absolute atomic E-state index is 11.4. The minimum absolute atomic E-state index is 0.306. The first kappa shape index (κ1) is 12.4. The lowest BCUT2D eigenvalue weighted by molar-refractivity contribution is -0.150. The molecule has 1 rings (SSSR count). The molecule has 2 atom stereocenters. The van der Waals surface area contributed by atoms with E-state index in [0.29, 0.717) is 19.4 Å². The van der Waals surface area contributed by atoms with Crippen LogP contribution in [0.3, 0.4) is 0 Å². The van der Waals surface area contributed by atoms with Crippen LogP contribution >= 0.6 is 0 Å². The summed E-state index contributed by atoms with van der Waals surface area (Å²) in [7, 11) is -3.50. The molecule has 0 saturated heterocycles. The van der Waals surface area contributed by atoms with Gasteiger partial charge in [0.1, 0.15) is 0 Å². The summed E-state index contributed by atoms with van der Waals surface area (Å²) >= 11 is 0. The molecule has 0 amide bonds. The molecule has 1 saturated carbocycles. The first-order valence-electron chi connectivity index (χ1n) is 4.99. The molecule has 0 radical (unpaired) electrons. The molecule has 0 N–H and O–H groups in total. The fraction of sp³-hybridized carbons (Fsp3) is 0.889. The summed E-state index contributed by atoms with van der Waals surface area (Å²) < 4.78 is 31.6. The van der Waals surface area contributed by atoms with Crippen molar-refractivity contribution in [3.8, 4) is 0 Å². The van der Waals surface area contributed by atoms with Crippen LogP contribution in [0.5, 0.6) is 0 Å². The van der Waals surface area contributed by atoms with E-state index >= 15 is 0 Å². The standard InChI is InChI=1S/C9H16O5S/c1-3-13-9(10)7-5-4-6-8(7)14-15(2,11)12/h7-8H,3-6H2,1-2H3. The summed E-state index contributed by atoms with van der Waals surface area (Å²) in [6.45, 7) is 2.03. The summed E-state index contributed by atoms with van der Waals surface area (Å²) in [6, 6.07) is 0. The van der Waals surface area contributed by atoms with Gasteiger partial charge in [-0.2, -0.15) is 8.42 Å². The zero-order valence-corrected chi connectivity index (χ0v) is 9.75. The Labute approximate surface area is 89.9 Å². The van der Waals surface area contributed by atoms with Crippen molar-refractivity contribution in [2.75, 3.05) is 12.9 Å². The van der Waals surface area contributed by atoms with E-state index in [1.165, 1.54) is 0 Å². The molecule has 0 spiro atoms. The lowest BCUT2D eigenvalue weighted by Gasteiger charge is -2.16. The lowest BCUT2D eigenvalue weighted by Crippen LogP contribution is -2.29. The number of carbonyl (C=O) groups is 1. The zero-order chi connectivity index (χ0) is 11.5. The van der Waals surface area contributed by atoms with Crippen LogP contribution < -0.4 is 0 Å². The highest BCUT2D eigenvalue weighted by Gasteiger charge is 2.36. The van der Waals surface area contributed by atoms with Crippen molar-refractivity contribution in [2.24, 2.45) is 5.92 Å². The predicted octanol–water partition coefficient (Wildman–Crippen LogP) is 0.694. The summed E-state index contributed by atoms with van der Waals surface area (Å²) in [4.78, 5) is 11.4. The monoisotopic (exact) mass is 236 g/mol. The molecule has 1 aliphatic carbocycles. The number of hydrogen-bond donors (Lipinski definition) is 0. The van der Waals surface area contributed by atoms with Crippen LogP contribution in [0.1, 0.15) is 26.2 Å². The van der Waals surface area contributed by atoms with Crippen molar-refractivity contribution < 1.29 is 22.1 Å². The van der Waals surface area contributed by atoms with Gasteiger partial charge in [0.15, 0.2) is 0 Å². The summed E-state index contributed by atoms with van der Waals surface area (Å²) in [5, 5.41) is 0.